The molecule has 4 heterocycles. The highest BCUT2D eigenvalue weighted by Gasteiger charge is 2.61. The molecule has 0 amide bonds. The average Bonchev–Trinajstić information content (AvgIpc) is 3.56. The highest BCUT2D eigenvalue weighted by Crippen LogP contribution is 2.62. The summed E-state index contributed by atoms with van der Waals surface area (Å²) in [5, 5.41) is 2.71. The second kappa shape index (κ2) is 10.5. The molecular formula is C49H46BN3. The van der Waals surface area contributed by atoms with Gasteiger partial charge in [0.15, 0.2) is 0 Å². The molecule has 260 valence electrons. The van der Waals surface area contributed by atoms with Crippen molar-refractivity contribution < 1.29 is 0 Å². The van der Waals surface area contributed by atoms with E-state index in [4.69, 9.17) is 0 Å². The zero-order valence-electron chi connectivity index (χ0n) is 32.1. The van der Waals surface area contributed by atoms with Crippen LogP contribution in [-0.4, -0.2) is 16.8 Å². The first-order valence-corrected chi connectivity index (χ1v) is 19.7. The summed E-state index contributed by atoms with van der Waals surface area (Å²) in [6, 6.07) is 40.1. The molecule has 4 aliphatic rings. The predicted octanol–water partition coefficient (Wildman–Crippen LogP) is 10.7. The number of aryl methyl sites for hydroxylation is 5. The molecule has 11 rings (SSSR count). The maximum absolute atomic E-state index is 2.87. The average molecular weight is 688 g/mol. The molecule has 7 aromatic rings. The summed E-state index contributed by atoms with van der Waals surface area (Å²) in [5.74, 6) is 0. The van der Waals surface area contributed by atoms with Gasteiger partial charge in [0.25, 0.3) is 6.71 Å². The first-order chi connectivity index (χ1) is 25.6. The van der Waals surface area contributed by atoms with Crippen LogP contribution >= 0.6 is 0 Å². The van der Waals surface area contributed by atoms with Crippen molar-refractivity contribution in [1.82, 2.24) is 4.57 Å². The van der Waals surface area contributed by atoms with Crippen molar-refractivity contribution in [2.24, 2.45) is 0 Å². The zero-order valence-corrected chi connectivity index (χ0v) is 32.1. The van der Waals surface area contributed by atoms with Gasteiger partial charge in [0.2, 0.25) is 0 Å². The quantitative estimate of drug-likeness (QED) is 0.171. The summed E-state index contributed by atoms with van der Waals surface area (Å²) < 4.78 is 2.64. The Morgan fingerprint density at radius 3 is 2.00 bits per heavy atom. The van der Waals surface area contributed by atoms with Crippen molar-refractivity contribution in [2.45, 2.75) is 85.1 Å². The molecule has 0 bridgehead atoms. The van der Waals surface area contributed by atoms with Crippen LogP contribution in [0.1, 0.15) is 72.9 Å². The summed E-state index contributed by atoms with van der Waals surface area (Å²) in [7, 11) is 0. The van der Waals surface area contributed by atoms with Crippen LogP contribution < -0.4 is 26.2 Å². The van der Waals surface area contributed by atoms with Crippen molar-refractivity contribution in [3.05, 3.63) is 137 Å². The van der Waals surface area contributed by atoms with Gasteiger partial charge in [0.05, 0.1) is 16.7 Å². The lowest BCUT2D eigenvalue weighted by atomic mass is 9.33. The van der Waals surface area contributed by atoms with Gasteiger partial charge in [-0.1, -0.05) is 97.1 Å². The van der Waals surface area contributed by atoms with E-state index in [1.54, 1.807) is 5.56 Å². The maximum Gasteiger partial charge on any atom is 0.252 e. The number of para-hydroxylation sites is 2. The van der Waals surface area contributed by atoms with E-state index >= 15 is 0 Å². The fraction of sp³-hybridized carbons (Fsp3) is 0.265. The zero-order chi connectivity index (χ0) is 36.1. The van der Waals surface area contributed by atoms with Gasteiger partial charge in [-0.3, -0.25) is 0 Å². The van der Waals surface area contributed by atoms with E-state index in [-0.39, 0.29) is 17.7 Å². The molecule has 0 N–H and O–H groups in total. The molecule has 1 aromatic heterocycles. The number of nitrogens with zero attached hydrogens (tertiary/aromatic N) is 3. The molecule has 1 saturated carbocycles. The Morgan fingerprint density at radius 2 is 1.26 bits per heavy atom. The molecule has 6 aromatic carbocycles. The minimum atomic E-state index is -0.0400. The number of fused-ring (bicyclic) bond motifs is 10. The molecule has 3 aliphatic heterocycles. The van der Waals surface area contributed by atoms with E-state index in [0.717, 1.165) is 0 Å². The molecule has 53 heavy (non-hydrogen) atoms. The first-order valence-electron chi connectivity index (χ1n) is 19.7. The summed E-state index contributed by atoms with van der Waals surface area (Å²) >= 11 is 0. The minimum Gasteiger partial charge on any atom is -0.335 e. The number of anilines is 5. The molecule has 4 heteroatoms. The van der Waals surface area contributed by atoms with Crippen LogP contribution in [0.25, 0.3) is 27.5 Å². The number of hydrogen-bond acceptors (Lipinski definition) is 2. The fourth-order valence-corrected chi connectivity index (χ4v) is 11.4. The second-order valence-corrected chi connectivity index (χ2v) is 17.2. The predicted molar refractivity (Wildman–Crippen MR) is 227 cm³/mol. The molecule has 2 atom stereocenters. The van der Waals surface area contributed by atoms with E-state index in [9.17, 15) is 0 Å². The van der Waals surface area contributed by atoms with Gasteiger partial charge in [-0.2, -0.15) is 0 Å². The molecule has 1 fully saturated rings. The largest absolute Gasteiger partial charge is 0.335 e. The lowest BCUT2D eigenvalue weighted by molar-refractivity contribution is 0.195. The standard InChI is InChI=1S/C49H46BN3/c1-29-18-19-42-35(22-29)36-23-30(2)25-38-46(36)52(42)43-27-34(51(40-16-10-8-14-32(40)4)41-17-11-9-15-33(41)5)28-44-45(43)50(38)39-26-31(3)24-37-47(39)53(44)49(7)21-13-12-20-48(37,49)6/h8-11,14-19,22-28H,12-13,20-21H2,1-7H3. The second-order valence-electron chi connectivity index (χ2n) is 17.2. The topological polar surface area (TPSA) is 11.4 Å². The highest BCUT2D eigenvalue weighted by atomic mass is 15.3. The van der Waals surface area contributed by atoms with Crippen LogP contribution in [0.2, 0.25) is 0 Å². The van der Waals surface area contributed by atoms with Crippen molar-refractivity contribution >= 4 is 73.3 Å². The molecule has 0 radical (unpaired) electrons. The Bertz CT molecular complexity index is 2710. The van der Waals surface area contributed by atoms with E-state index in [0.29, 0.717) is 0 Å². The van der Waals surface area contributed by atoms with Gasteiger partial charge in [0.1, 0.15) is 0 Å². The molecule has 2 unspecified atom stereocenters. The third kappa shape index (κ3) is 3.87. The molecule has 0 spiro atoms. The summed E-state index contributed by atoms with van der Waals surface area (Å²) in [4.78, 5) is 5.41. The fourth-order valence-electron chi connectivity index (χ4n) is 11.4. The van der Waals surface area contributed by atoms with Crippen molar-refractivity contribution in [3.8, 4) is 5.69 Å². The van der Waals surface area contributed by atoms with Crippen LogP contribution in [0, 0.1) is 34.6 Å². The minimum absolute atomic E-state index is 0.0400. The Balaban J connectivity index is 1.34. The Labute approximate surface area is 314 Å². The summed E-state index contributed by atoms with van der Waals surface area (Å²) in [6.45, 7) is 16.7. The van der Waals surface area contributed by atoms with Gasteiger partial charge in [-0.15, -0.1) is 0 Å². The van der Waals surface area contributed by atoms with Gasteiger partial charge in [-0.05, 0) is 130 Å². The Morgan fingerprint density at radius 1 is 0.623 bits per heavy atom. The van der Waals surface area contributed by atoms with Gasteiger partial charge in [0, 0.05) is 50.1 Å². The summed E-state index contributed by atoms with van der Waals surface area (Å²) in [6.07, 6.45) is 4.96. The lowest BCUT2D eigenvalue weighted by Gasteiger charge is -2.52. The lowest BCUT2D eigenvalue weighted by Crippen LogP contribution is -2.64. The molecule has 1 aliphatic carbocycles. The van der Waals surface area contributed by atoms with Crippen molar-refractivity contribution in [3.63, 3.8) is 0 Å². The molecule has 3 nitrogen and oxygen atoms in total. The molecule has 0 saturated heterocycles. The van der Waals surface area contributed by atoms with Crippen molar-refractivity contribution in [2.75, 3.05) is 9.80 Å². The van der Waals surface area contributed by atoms with Gasteiger partial charge >= 0.3 is 0 Å². The maximum atomic E-state index is 2.87. The monoisotopic (exact) mass is 687 g/mol. The number of aromatic nitrogens is 1. The third-order valence-corrected chi connectivity index (χ3v) is 14.0. The Hall–Kier alpha value is -5.22. The van der Waals surface area contributed by atoms with Crippen LogP contribution in [-0.2, 0) is 5.41 Å². The number of rotatable bonds is 3. The number of benzene rings is 6. The van der Waals surface area contributed by atoms with E-state index in [1.165, 1.54) is 126 Å². The van der Waals surface area contributed by atoms with Gasteiger partial charge in [-0.25, -0.2) is 0 Å². The van der Waals surface area contributed by atoms with Gasteiger partial charge < -0.3 is 14.4 Å². The SMILES string of the molecule is Cc1cc2c3c(c1)C1(C)CCCCC1(C)N3c1cc(N(c3ccccc3C)c3ccccc3C)cc3c1B2c1cc(C)cc2c4cc(C)ccc4n-3c12. The summed E-state index contributed by atoms with van der Waals surface area (Å²) in [5.41, 5.74) is 23.0. The third-order valence-electron chi connectivity index (χ3n) is 14.0. The van der Waals surface area contributed by atoms with Crippen LogP contribution in [0.3, 0.4) is 0 Å². The Kier molecular flexibility index (Phi) is 6.19. The number of hydrogen-bond donors (Lipinski definition) is 0. The first kappa shape index (κ1) is 31.3. The highest BCUT2D eigenvalue weighted by molar-refractivity contribution is 7.00. The van der Waals surface area contributed by atoms with E-state index < -0.39 is 0 Å². The van der Waals surface area contributed by atoms with Crippen LogP contribution in [0.15, 0.2) is 103 Å². The van der Waals surface area contributed by atoms with E-state index in [1.807, 2.05) is 0 Å². The molecular weight excluding hydrogens is 641 g/mol. The van der Waals surface area contributed by atoms with Crippen LogP contribution in [0.5, 0.6) is 0 Å². The van der Waals surface area contributed by atoms with Crippen LogP contribution in [0.4, 0.5) is 28.4 Å². The smallest absolute Gasteiger partial charge is 0.252 e. The van der Waals surface area contributed by atoms with E-state index in [2.05, 4.69) is 166 Å². The normalized spacial score (nSPS) is 20.5. The van der Waals surface area contributed by atoms with Crippen molar-refractivity contribution in [1.29, 1.82) is 0 Å².